The van der Waals surface area contributed by atoms with Crippen LogP contribution in [0.5, 0.6) is 0 Å². The zero-order chi connectivity index (χ0) is 15.8. The number of carboxylic acids is 1. The molecule has 116 valence electrons. The van der Waals surface area contributed by atoms with Crippen molar-refractivity contribution in [3.05, 3.63) is 16.1 Å². The van der Waals surface area contributed by atoms with Gasteiger partial charge in [0.05, 0.1) is 6.54 Å². The van der Waals surface area contributed by atoms with Crippen molar-refractivity contribution in [2.45, 2.75) is 38.8 Å². The van der Waals surface area contributed by atoms with Crippen LogP contribution in [0.15, 0.2) is 6.20 Å². The summed E-state index contributed by atoms with van der Waals surface area (Å²) in [5.74, 6) is -1.83. The van der Waals surface area contributed by atoms with Gasteiger partial charge in [0.15, 0.2) is 0 Å². The van der Waals surface area contributed by atoms with Gasteiger partial charge in [-0.3, -0.25) is 4.79 Å². The maximum Gasteiger partial charge on any atom is 0.326 e. The summed E-state index contributed by atoms with van der Waals surface area (Å²) >= 11 is 1.48. The molecule has 0 bridgehead atoms. The smallest absolute Gasteiger partial charge is 0.326 e. The Morgan fingerprint density at radius 2 is 2.19 bits per heavy atom. The van der Waals surface area contributed by atoms with E-state index in [-0.39, 0.29) is 19.4 Å². The predicted octanol–water partition coefficient (Wildman–Crippen LogP) is 0.223. The van der Waals surface area contributed by atoms with Crippen molar-refractivity contribution in [3.8, 4) is 0 Å². The van der Waals surface area contributed by atoms with E-state index in [1.54, 1.807) is 6.20 Å². The SMILES string of the molecule is CCc1cnc(CNC(=O)N[C@H](CCC(N)=O)C(=O)O)s1. The van der Waals surface area contributed by atoms with E-state index in [4.69, 9.17) is 10.8 Å². The number of aryl methyl sites for hydroxylation is 1. The second kappa shape index (κ2) is 8.20. The molecule has 9 heteroatoms. The molecule has 5 N–H and O–H groups in total. The highest BCUT2D eigenvalue weighted by Crippen LogP contribution is 2.12. The van der Waals surface area contributed by atoms with Crippen molar-refractivity contribution < 1.29 is 19.5 Å². The highest BCUT2D eigenvalue weighted by Gasteiger charge is 2.20. The van der Waals surface area contributed by atoms with Gasteiger partial charge in [0.2, 0.25) is 5.91 Å². The number of carboxylic acid groups (broad SMARTS) is 1. The fourth-order valence-electron chi connectivity index (χ4n) is 1.50. The molecule has 0 aliphatic heterocycles. The van der Waals surface area contributed by atoms with E-state index in [2.05, 4.69) is 15.6 Å². The average Bonchev–Trinajstić information content (AvgIpc) is 2.88. The van der Waals surface area contributed by atoms with Gasteiger partial charge >= 0.3 is 12.0 Å². The van der Waals surface area contributed by atoms with Crippen LogP contribution in [0.2, 0.25) is 0 Å². The van der Waals surface area contributed by atoms with E-state index >= 15 is 0 Å². The van der Waals surface area contributed by atoms with Crippen LogP contribution in [-0.4, -0.2) is 34.0 Å². The summed E-state index contributed by atoms with van der Waals surface area (Å²) in [4.78, 5) is 38.5. The van der Waals surface area contributed by atoms with Gasteiger partial charge in [0, 0.05) is 17.5 Å². The van der Waals surface area contributed by atoms with Crippen LogP contribution in [0.4, 0.5) is 4.79 Å². The Kier molecular flexibility index (Phi) is 6.60. The number of nitrogens with one attached hydrogen (secondary N) is 2. The molecule has 1 heterocycles. The number of amides is 3. The molecular formula is C12H18N4O4S. The topological polar surface area (TPSA) is 134 Å². The largest absolute Gasteiger partial charge is 0.480 e. The molecule has 0 unspecified atom stereocenters. The summed E-state index contributed by atoms with van der Waals surface area (Å²) in [6.07, 6.45) is 2.46. The molecule has 0 radical (unpaired) electrons. The Morgan fingerprint density at radius 1 is 1.48 bits per heavy atom. The summed E-state index contributed by atoms with van der Waals surface area (Å²) in [7, 11) is 0. The molecule has 0 spiro atoms. The molecule has 3 amide bonds. The maximum absolute atomic E-state index is 11.6. The average molecular weight is 314 g/mol. The first-order valence-electron chi connectivity index (χ1n) is 6.41. The summed E-state index contributed by atoms with van der Waals surface area (Å²) in [6, 6.07) is -1.78. The summed E-state index contributed by atoms with van der Waals surface area (Å²) in [6.45, 7) is 2.23. The lowest BCUT2D eigenvalue weighted by Crippen LogP contribution is -2.46. The van der Waals surface area contributed by atoms with Crippen LogP contribution in [0, 0.1) is 0 Å². The molecule has 0 saturated heterocycles. The van der Waals surface area contributed by atoms with Gasteiger partial charge in [0.25, 0.3) is 0 Å². The highest BCUT2D eigenvalue weighted by atomic mass is 32.1. The molecule has 0 aromatic carbocycles. The third kappa shape index (κ3) is 6.21. The number of carbonyl (C=O) groups excluding carboxylic acids is 2. The first-order valence-corrected chi connectivity index (χ1v) is 7.23. The van der Waals surface area contributed by atoms with Crippen molar-refractivity contribution in [2.75, 3.05) is 0 Å². The molecule has 21 heavy (non-hydrogen) atoms. The van der Waals surface area contributed by atoms with Gasteiger partial charge in [-0.1, -0.05) is 6.92 Å². The van der Waals surface area contributed by atoms with Crippen molar-refractivity contribution in [1.29, 1.82) is 0 Å². The van der Waals surface area contributed by atoms with Gasteiger partial charge in [0.1, 0.15) is 11.0 Å². The predicted molar refractivity (Wildman–Crippen MR) is 76.7 cm³/mol. The fourth-order valence-corrected chi connectivity index (χ4v) is 2.30. The Labute approximate surface area is 125 Å². The van der Waals surface area contributed by atoms with Crippen LogP contribution >= 0.6 is 11.3 Å². The Bertz CT molecular complexity index is 517. The minimum Gasteiger partial charge on any atom is -0.480 e. The van der Waals surface area contributed by atoms with Gasteiger partial charge in [-0.2, -0.15) is 0 Å². The zero-order valence-corrected chi connectivity index (χ0v) is 12.4. The molecule has 1 rings (SSSR count). The molecule has 0 aliphatic rings. The van der Waals surface area contributed by atoms with E-state index in [1.807, 2.05) is 6.92 Å². The zero-order valence-electron chi connectivity index (χ0n) is 11.6. The first-order chi connectivity index (χ1) is 9.92. The molecule has 1 atom stereocenters. The summed E-state index contributed by atoms with van der Waals surface area (Å²) in [5, 5.41) is 14.5. The number of thiazole rings is 1. The maximum atomic E-state index is 11.6. The number of carbonyl (C=O) groups is 3. The Hall–Kier alpha value is -2.16. The first kappa shape index (κ1) is 16.9. The third-order valence-electron chi connectivity index (χ3n) is 2.63. The number of primary amides is 1. The molecular weight excluding hydrogens is 296 g/mol. The quantitative estimate of drug-likeness (QED) is 0.544. The standard InChI is InChI=1S/C12H18N4O4S/c1-2-7-5-14-10(21-7)6-15-12(20)16-8(11(18)19)3-4-9(13)17/h5,8H,2-4,6H2,1H3,(H2,13,17)(H,18,19)(H2,15,16,20)/t8-/m1/s1. The second-order valence-corrected chi connectivity index (χ2v) is 5.50. The number of aromatic nitrogens is 1. The van der Waals surface area contributed by atoms with E-state index < -0.39 is 23.9 Å². The fraction of sp³-hybridized carbons (Fsp3) is 0.500. The number of rotatable bonds is 8. The number of aliphatic carboxylic acids is 1. The Balaban J connectivity index is 2.42. The van der Waals surface area contributed by atoms with Crippen molar-refractivity contribution in [3.63, 3.8) is 0 Å². The molecule has 8 nitrogen and oxygen atoms in total. The summed E-state index contributed by atoms with van der Waals surface area (Å²) < 4.78 is 0. The highest BCUT2D eigenvalue weighted by molar-refractivity contribution is 7.11. The van der Waals surface area contributed by atoms with Crippen molar-refractivity contribution >= 4 is 29.2 Å². The van der Waals surface area contributed by atoms with Crippen molar-refractivity contribution in [1.82, 2.24) is 15.6 Å². The molecule has 0 aliphatic carbocycles. The van der Waals surface area contributed by atoms with Crippen LogP contribution < -0.4 is 16.4 Å². The molecule has 0 fully saturated rings. The number of hydrogen-bond donors (Lipinski definition) is 4. The van der Waals surface area contributed by atoms with Crippen LogP contribution in [0.25, 0.3) is 0 Å². The molecule has 1 aromatic rings. The number of nitrogens with two attached hydrogens (primary N) is 1. The normalized spacial score (nSPS) is 11.7. The van der Waals surface area contributed by atoms with E-state index in [1.165, 1.54) is 11.3 Å². The lowest BCUT2D eigenvalue weighted by Gasteiger charge is -2.13. The van der Waals surface area contributed by atoms with E-state index in [9.17, 15) is 14.4 Å². The summed E-state index contributed by atoms with van der Waals surface area (Å²) in [5.41, 5.74) is 4.95. The van der Waals surface area contributed by atoms with Gasteiger partial charge in [-0.15, -0.1) is 11.3 Å². The molecule has 0 saturated carbocycles. The lowest BCUT2D eigenvalue weighted by atomic mass is 10.1. The van der Waals surface area contributed by atoms with Crippen molar-refractivity contribution in [2.24, 2.45) is 5.73 Å². The van der Waals surface area contributed by atoms with Crippen LogP contribution in [0.1, 0.15) is 29.7 Å². The molecule has 1 aromatic heterocycles. The number of nitrogens with zero attached hydrogens (tertiary/aromatic N) is 1. The lowest BCUT2D eigenvalue weighted by molar-refractivity contribution is -0.139. The van der Waals surface area contributed by atoms with Gasteiger partial charge in [-0.25, -0.2) is 14.6 Å². The van der Waals surface area contributed by atoms with Crippen LogP contribution in [-0.2, 0) is 22.6 Å². The van der Waals surface area contributed by atoms with E-state index in [0.717, 1.165) is 16.3 Å². The van der Waals surface area contributed by atoms with Gasteiger partial charge in [-0.05, 0) is 12.8 Å². The minimum absolute atomic E-state index is 0.0463. The monoisotopic (exact) mass is 314 g/mol. The Morgan fingerprint density at radius 3 is 2.71 bits per heavy atom. The second-order valence-electron chi connectivity index (χ2n) is 4.30. The third-order valence-corrected chi connectivity index (χ3v) is 3.77. The minimum atomic E-state index is -1.21. The van der Waals surface area contributed by atoms with Gasteiger partial charge < -0.3 is 21.5 Å². The van der Waals surface area contributed by atoms with E-state index in [0.29, 0.717) is 0 Å². The number of hydrogen-bond acceptors (Lipinski definition) is 5. The number of urea groups is 1. The van der Waals surface area contributed by atoms with Crippen LogP contribution in [0.3, 0.4) is 0 Å².